The predicted octanol–water partition coefficient (Wildman–Crippen LogP) is 3.14. The summed E-state index contributed by atoms with van der Waals surface area (Å²) in [6.45, 7) is 7.14. The zero-order valence-corrected chi connectivity index (χ0v) is 15.6. The van der Waals surface area contributed by atoms with Crippen molar-refractivity contribution in [3.8, 4) is 0 Å². The first kappa shape index (κ1) is 17.2. The van der Waals surface area contributed by atoms with Crippen LogP contribution in [0.2, 0.25) is 0 Å². The summed E-state index contributed by atoms with van der Waals surface area (Å²) >= 11 is 0. The third kappa shape index (κ3) is 3.51. The van der Waals surface area contributed by atoms with Crippen LogP contribution in [0.15, 0.2) is 48.8 Å². The summed E-state index contributed by atoms with van der Waals surface area (Å²) in [7, 11) is 0. The minimum Gasteiger partial charge on any atom is -0.354 e. The number of hydrogen-bond acceptors (Lipinski definition) is 3. The molecule has 1 aliphatic heterocycles. The van der Waals surface area contributed by atoms with Crippen molar-refractivity contribution in [1.82, 2.24) is 15.2 Å². The third-order valence-electron chi connectivity index (χ3n) is 5.92. The first-order chi connectivity index (χ1) is 12.5. The Morgan fingerprint density at radius 1 is 1.23 bits per heavy atom. The normalized spacial score (nSPS) is 22.5. The van der Waals surface area contributed by atoms with Crippen LogP contribution in [-0.2, 0) is 17.8 Å². The predicted molar refractivity (Wildman–Crippen MR) is 103 cm³/mol. The number of aromatic nitrogens is 1. The highest BCUT2D eigenvalue weighted by Gasteiger charge is 2.44. The molecule has 4 nitrogen and oxygen atoms in total. The summed E-state index contributed by atoms with van der Waals surface area (Å²) in [6, 6.07) is 12.7. The van der Waals surface area contributed by atoms with E-state index in [0.29, 0.717) is 12.5 Å². The van der Waals surface area contributed by atoms with E-state index in [0.717, 1.165) is 25.9 Å². The molecular formula is C22H27N3O. The van der Waals surface area contributed by atoms with Gasteiger partial charge in [0.2, 0.25) is 5.91 Å². The number of carbonyl (C=O) groups excluding carboxylic acids is 1. The molecule has 0 unspecified atom stereocenters. The van der Waals surface area contributed by atoms with Gasteiger partial charge in [0, 0.05) is 43.5 Å². The highest BCUT2D eigenvalue weighted by Crippen LogP contribution is 2.47. The van der Waals surface area contributed by atoms with E-state index in [1.165, 1.54) is 16.7 Å². The first-order valence-corrected chi connectivity index (χ1v) is 9.54. The molecule has 1 fully saturated rings. The van der Waals surface area contributed by atoms with Gasteiger partial charge in [0.25, 0.3) is 0 Å². The Bertz CT molecular complexity index is 787. The van der Waals surface area contributed by atoms with E-state index in [1.807, 2.05) is 12.3 Å². The van der Waals surface area contributed by atoms with Gasteiger partial charge in [-0.15, -0.1) is 0 Å². The molecule has 1 aromatic heterocycles. The summed E-state index contributed by atoms with van der Waals surface area (Å²) in [6.07, 6.45) is 5.68. The molecule has 0 saturated heterocycles. The van der Waals surface area contributed by atoms with Crippen LogP contribution in [0, 0.1) is 5.92 Å². The fraction of sp³-hybridized carbons (Fsp3) is 0.455. The monoisotopic (exact) mass is 349 g/mol. The SMILES string of the molecule is CC(C)(CNC(=O)[C@@H]1C[C@@H]1c1cccnc1)N1CCc2ccccc2C1. The highest BCUT2D eigenvalue weighted by molar-refractivity contribution is 5.82. The van der Waals surface area contributed by atoms with Gasteiger partial charge in [-0.2, -0.15) is 0 Å². The van der Waals surface area contributed by atoms with E-state index >= 15 is 0 Å². The van der Waals surface area contributed by atoms with E-state index < -0.39 is 0 Å². The summed E-state index contributed by atoms with van der Waals surface area (Å²) in [5.74, 6) is 0.634. The van der Waals surface area contributed by atoms with E-state index in [2.05, 4.69) is 59.4 Å². The number of amides is 1. The molecule has 0 bridgehead atoms. The van der Waals surface area contributed by atoms with Crippen LogP contribution in [-0.4, -0.2) is 34.4 Å². The molecular weight excluding hydrogens is 322 g/mol. The molecule has 4 rings (SSSR count). The average molecular weight is 349 g/mol. The Morgan fingerprint density at radius 2 is 2.04 bits per heavy atom. The second-order valence-electron chi connectivity index (χ2n) is 8.21. The molecule has 2 heterocycles. The highest BCUT2D eigenvalue weighted by atomic mass is 16.2. The maximum atomic E-state index is 12.6. The Hall–Kier alpha value is -2.20. The number of benzene rings is 1. The maximum Gasteiger partial charge on any atom is 0.223 e. The third-order valence-corrected chi connectivity index (χ3v) is 5.92. The van der Waals surface area contributed by atoms with Crippen LogP contribution in [0.5, 0.6) is 0 Å². The maximum absolute atomic E-state index is 12.6. The van der Waals surface area contributed by atoms with Crippen molar-refractivity contribution in [2.75, 3.05) is 13.1 Å². The van der Waals surface area contributed by atoms with Gasteiger partial charge in [-0.3, -0.25) is 14.7 Å². The van der Waals surface area contributed by atoms with Crippen LogP contribution in [0.3, 0.4) is 0 Å². The van der Waals surface area contributed by atoms with Gasteiger partial charge in [0.15, 0.2) is 0 Å². The quantitative estimate of drug-likeness (QED) is 0.902. The van der Waals surface area contributed by atoms with Gasteiger partial charge in [-0.1, -0.05) is 30.3 Å². The van der Waals surface area contributed by atoms with Gasteiger partial charge in [0.05, 0.1) is 0 Å². The van der Waals surface area contributed by atoms with E-state index in [1.54, 1.807) is 6.20 Å². The van der Waals surface area contributed by atoms with Crippen molar-refractivity contribution in [2.45, 2.75) is 44.7 Å². The lowest BCUT2D eigenvalue weighted by Gasteiger charge is -2.41. The van der Waals surface area contributed by atoms with Crippen LogP contribution in [0.4, 0.5) is 0 Å². The van der Waals surface area contributed by atoms with Crippen LogP contribution in [0.1, 0.15) is 42.9 Å². The lowest BCUT2D eigenvalue weighted by Crippen LogP contribution is -2.53. The van der Waals surface area contributed by atoms with E-state index in [-0.39, 0.29) is 17.4 Å². The zero-order chi connectivity index (χ0) is 18.1. The minimum absolute atomic E-state index is 0.0537. The van der Waals surface area contributed by atoms with Crippen molar-refractivity contribution in [1.29, 1.82) is 0 Å². The largest absolute Gasteiger partial charge is 0.354 e. The number of nitrogens with one attached hydrogen (secondary N) is 1. The molecule has 1 saturated carbocycles. The smallest absolute Gasteiger partial charge is 0.223 e. The average Bonchev–Trinajstić information content (AvgIpc) is 3.47. The van der Waals surface area contributed by atoms with Crippen LogP contribution >= 0.6 is 0 Å². The summed E-state index contributed by atoms with van der Waals surface area (Å²) in [5, 5.41) is 3.20. The van der Waals surface area contributed by atoms with E-state index in [4.69, 9.17) is 0 Å². The lowest BCUT2D eigenvalue weighted by molar-refractivity contribution is -0.123. The van der Waals surface area contributed by atoms with Gasteiger partial charge in [-0.25, -0.2) is 0 Å². The Balaban J connectivity index is 1.32. The number of hydrogen-bond donors (Lipinski definition) is 1. The standard InChI is InChI=1S/C22H27N3O/c1-22(2,25-11-9-16-6-3-4-7-18(16)14-25)15-24-21(26)20-12-19(20)17-8-5-10-23-13-17/h3-8,10,13,19-20H,9,11-12,14-15H2,1-2H3,(H,24,26)/t19-,20-/m1/s1. The second kappa shape index (κ2) is 6.84. The first-order valence-electron chi connectivity index (χ1n) is 9.54. The number of carbonyl (C=O) groups is 1. The fourth-order valence-electron chi connectivity index (χ4n) is 4.01. The van der Waals surface area contributed by atoms with Crippen molar-refractivity contribution < 1.29 is 4.79 Å². The van der Waals surface area contributed by atoms with Crippen LogP contribution in [0.25, 0.3) is 0 Å². The summed E-state index contributed by atoms with van der Waals surface area (Å²) in [5.41, 5.74) is 4.00. The number of nitrogens with zero attached hydrogens (tertiary/aromatic N) is 2. The molecule has 1 N–H and O–H groups in total. The lowest BCUT2D eigenvalue weighted by atomic mass is 9.94. The summed E-state index contributed by atoms with van der Waals surface area (Å²) in [4.78, 5) is 19.2. The Labute approximate surface area is 155 Å². The number of fused-ring (bicyclic) bond motifs is 1. The fourth-order valence-corrected chi connectivity index (χ4v) is 4.01. The van der Waals surface area contributed by atoms with Gasteiger partial charge >= 0.3 is 0 Å². The van der Waals surface area contributed by atoms with Gasteiger partial charge < -0.3 is 5.32 Å². The Kier molecular flexibility index (Phi) is 4.53. The molecule has 0 spiro atoms. The van der Waals surface area contributed by atoms with Crippen molar-refractivity contribution in [3.05, 3.63) is 65.5 Å². The molecule has 2 aromatic rings. The Morgan fingerprint density at radius 3 is 2.81 bits per heavy atom. The van der Waals surface area contributed by atoms with Crippen molar-refractivity contribution in [2.24, 2.45) is 5.92 Å². The summed E-state index contributed by atoms with van der Waals surface area (Å²) < 4.78 is 0. The van der Waals surface area contributed by atoms with Gasteiger partial charge in [0.1, 0.15) is 0 Å². The molecule has 4 heteroatoms. The molecule has 136 valence electrons. The minimum atomic E-state index is -0.0537. The zero-order valence-electron chi connectivity index (χ0n) is 15.6. The van der Waals surface area contributed by atoms with Gasteiger partial charge in [-0.05, 0) is 55.4 Å². The van der Waals surface area contributed by atoms with E-state index in [9.17, 15) is 4.79 Å². The number of rotatable bonds is 5. The molecule has 1 amide bonds. The van der Waals surface area contributed by atoms with Crippen molar-refractivity contribution >= 4 is 5.91 Å². The molecule has 2 atom stereocenters. The molecule has 26 heavy (non-hydrogen) atoms. The molecule has 1 aromatic carbocycles. The molecule has 1 aliphatic carbocycles. The number of pyridine rings is 1. The molecule has 2 aliphatic rings. The second-order valence-corrected chi connectivity index (χ2v) is 8.21. The molecule has 0 radical (unpaired) electrons. The van der Waals surface area contributed by atoms with Crippen molar-refractivity contribution in [3.63, 3.8) is 0 Å². The van der Waals surface area contributed by atoms with Crippen LogP contribution < -0.4 is 5.32 Å². The topological polar surface area (TPSA) is 45.2 Å².